The fourth-order valence-electron chi connectivity index (χ4n) is 1.66. The largest absolute Gasteiger partial charge is 0.396 e. The number of nitrogen functional groups attached to an aromatic ring is 1. The van der Waals surface area contributed by atoms with Gasteiger partial charge in [0.1, 0.15) is 0 Å². The van der Waals surface area contributed by atoms with Gasteiger partial charge in [0.25, 0.3) is 5.91 Å². The normalized spacial score (nSPS) is 17.7. The van der Waals surface area contributed by atoms with Gasteiger partial charge < -0.3 is 10.6 Å². The molecule has 2 N–H and O–H groups in total. The monoisotopic (exact) mass is 242 g/mol. The van der Waals surface area contributed by atoms with Gasteiger partial charge in [-0.1, -0.05) is 0 Å². The second kappa shape index (κ2) is 4.25. The van der Waals surface area contributed by atoms with Crippen molar-refractivity contribution in [3.63, 3.8) is 0 Å². The molecular formula is C9H14N4O2S. The molecule has 1 aromatic heterocycles. The molecule has 1 aromatic rings. The Kier molecular flexibility index (Phi) is 2.95. The van der Waals surface area contributed by atoms with Crippen molar-refractivity contribution in [2.75, 3.05) is 30.3 Å². The van der Waals surface area contributed by atoms with E-state index >= 15 is 0 Å². The molecule has 0 atom stereocenters. The predicted molar refractivity (Wildman–Crippen MR) is 61.4 cm³/mol. The highest BCUT2D eigenvalue weighted by Crippen LogP contribution is 2.12. The second-order valence-electron chi connectivity index (χ2n) is 3.75. The maximum atomic E-state index is 12.0. The maximum Gasteiger partial charge on any atom is 0.276 e. The van der Waals surface area contributed by atoms with Gasteiger partial charge in [-0.05, 0) is 0 Å². The first-order valence-corrected chi connectivity index (χ1v) is 6.50. The van der Waals surface area contributed by atoms with Gasteiger partial charge in [0.2, 0.25) is 0 Å². The molecule has 7 heteroatoms. The number of carbonyl (C=O) groups is 1. The van der Waals surface area contributed by atoms with Crippen LogP contribution in [0.15, 0.2) is 6.20 Å². The highest BCUT2D eigenvalue weighted by atomic mass is 32.2. The molecule has 0 saturated carbocycles. The van der Waals surface area contributed by atoms with Gasteiger partial charge in [0.15, 0.2) is 5.69 Å². The smallest absolute Gasteiger partial charge is 0.276 e. The summed E-state index contributed by atoms with van der Waals surface area (Å²) in [5.74, 6) is 0.909. The van der Waals surface area contributed by atoms with E-state index in [1.807, 2.05) is 0 Å². The average Bonchev–Trinajstić information content (AvgIpc) is 2.58. The minimum absolute atomic E-state index is 0.171. The minimum atomic E-state index is -0.785. The third kappa shape index (κ3) is 2.08. The molecule has 0 aliphatic carbocycles. The second-order valence-corrected chi connectivity index (χ2v) is 5.44. The van der Waals surface area contributed by atoms with Crippen molar-refractivity contribution < 1.29 is 9.00 Å². The van der Waals surface area contributed by atoms with Crippen molar-refractivity contribution >= 4 is 22.4 Å². The molecule has 0 spiro atoms. The third-order valence-electron chi connectivity index (χ3n) is 2.52. The van der Waals surface area contributed by atoms with E-state index in [2.05, 4.69) is 5.10 Å². The molecule has 1 aliphatic rings. The topological polar surface area (TPSA) is 81.2 Å². The van der Waals surface area contributed by atoms with E-state index in [4.69, 9.17) is 5.73 Å². The molecule has 1 amide bonds. The van der Waals surface area contributed by atoms with E-state index in [0.717, 1.165) is 0 Å². The molecule has 1 fully saturated rings. The first-order chi connectivity index (χ1) is 7.58. The van der Waals surface area contributed by atoms with Crippen LogP contribution in [-0.4, -0.2) is 49.4 Å². The van der Waals surface area contributed by atoms with Crippen molar-refractivity contribution in [1.82, 2.24) is 14.7 Å². The summed E-state index contributed by atoms with van der Waals surface area (Å²) in [6.45, 7) is 1.03. The van der Waals surface area contributed by atoms with Crippen molar-refractivity contribution in [2.45, 2.75) is 0 Å². The van der Waals surface area contributed by atoms with Crippen LogP contribution >= 0.6 is 0 Å². The van der Waals surface area contributed by atoms with Gasteiger partial charge in [-0.25, -0.2) is 0 Å². The number of anilines is 1. The van der Waals surface area contributed by atoms with E-state index < -0.39 is 10.8 Å². The summed E-state index contributed by atoms with van der Waals surface area (Å²) >= 11 is 0. The first kappa shape index (κ1) is 11.1. The van der Waals surface area contributed by atoms with Gasteiger partial charge in [0.05, 0.1) is 5.69 Å². The van der Waals surface area contributed by atoms with E-state index in [-0.39, 0.29) is 11.6 Å². The molecule has 1 saturated heterocycles. The molecule has 6 nitrogen and oxygen atoms in total. The zero-order valence-corrected chi connectivity index (χ0v) is 9.87. The summed E-state index contributed by atoms with van der Waals surface area (Å²) in [4.78, 5) is 13.7. The molecule has 2 heterocycles. The van der Waals surface area contributed by atoms with Crippen LogP contribution in [0, 0.1) is 0 Å². The first-order valence-electron chi connectivity index (χ1n) is 5.01. The lowest BCUT2D eigenvalue weighted by Crippen LogP contribution is -2.42. The standard InChI is InChI=1S/C9H14N4O2S/c1-12-6-7(10)8(11-12)9(14)13-2-4-16(15)5-3-13/h6H,2-5,10H2,1H3. The van der Waals surface area contributed by atoms with Gasteiger partial charge in [-0.3, -0.25) is 13.7 Å². The van der Waals surface area contributed by atoms with Crippen LogP contribution in [0.3, 0.4) is 0 Å². The number of hydrogen-bond donors (Lipinski definition) is 1. The Morgan fingerprint density at radius 3 is 2.62 bits per heavy atom. The lowest BCUT2D eigenvalue weighted by molar-refractivity contribution is 0.0765. The van der Waals surface area contributed by atoms with Crippen LogP contribution < -0.4 is 5.73 Å². The fraction of sp³-hybridized carbons (Fsp3) is 0.556. The van der Waals surface area contributed by atoms with Crippen molar-refractivity contribution in [2.24, 2.45) is 7.05 Å². The molecule has 16 heavy (non-hydrogen) atoms. The number of hydrogen-bond acceptors (Lipinski definition) is 4. The van der Waals surface area contributed by atoms with Crippen LogP contribution in [0.5, 0.6) is 0 Å². The fourth-order valence-corrected chi connectivity index (χ4v) is 2.72. The number of aryl methyl sites for hydroxylation is 1. The Hall–Kier alpha value is -1.37. The van der Waals surface area contributed by atoms with Crippen LogP contribution in [0.4, 0.5) is 5.69 Å². The van der Waals surface area contributed by atoms with Crippen LogP contribution in [0.2, 0.25) is 0 Å². The van der Waals surface area contributed by atoms with Crippen LogP contribution in [0.1, 0.15) is 10.5 Å². The van der Waals surface area contributed by atoms with Gasteiger partial charge in [-0.2, -0.15) is 5.10 Å². The van der Waals surface area contributed by atoms with Gasteiger partial charge in [0, 0.05) is 48.6 Å². The van der Waals surface area contributed by atoms with E-state index in [0.29, 0.717) is 30.3 Å². The molecule has 0 aromatic carbocycles. The van der Waals surface area contributed by atoms with Gasteiger partial charge in [-0.15, -0.1) is 0 Å². The highest BCUT2D eigenvalue weighted by molar-refractivity contribution is 7.85. The minimum Gasteiger partial charge on any atom is -0.396 e. The number of amides is 1. The number of nitrogens with zero attached hydrogens (tertiary/aromatic N) is 3. The number of carbonyl (C=O) groups excluding carboxylic acids is 1. The molecule has 0 radical (unpaired) electrons. The molecule has 0 unspecified atom stereocenters. The van der Waals surface area contributed by atoms with Crippen molar-refractivity contribution in [3.05, 3.63) is 11.9 Å². The average molecular weight is 242 g/mol. The summed E-state index contributed by atoms with van der Waals surface area (Å²) in [6, 6.07) is 0. The zero-order chi connectivity index (χ0) is 11.7. The summed E-state index contributed by atoms with van der Waals surface area (Å²) in [6.07, 6.45) is 1.61. The molecule has 0 bridgehead atoms. The number of aromatic nitrogens is 2. The van der Waals surface area contributed by atoms with Gasteiger partial charge >= 0.3 is 0 Å². The van der Waals surface area contributed by atoms with E-state index in [9.17, 15) is 9.00 Å². The van der Waals surface area contributed by atoms with E-state index in [1.165, 1.54) is 4.68 Å². The lowest BCUT2D eigenvalue weighted by atomic mass is 10.3. The van der Waals surface area contributed by atoms with E-state index in [1.54, 1.807) is 18.1 Å². The summed E-state index contributed by atoms with van der Waals surface area (Å²) in [7, 11) is 0.936. The summed E-state index contributed by atoms with van der Waals surface area (Å²) in [5, 5.41) is 4.03. The Balaban J connectivity index is 2.13. The van der Waals surface area contributed by atoms with Crippen molar-refractivity contribution in [1.29, 1.82) is 0 Å². The SMILES string of the molecule is Cn1cc(N)c(C(=O)N2CCS(=O)CC2)n1. The zero-order valence-electron chi connectivity index (χ0n) is 9.05. The Morgan fingerprint density at radius 2 is 2.12 bits per heavy atom. The van der Waals surface area contributed by atoms with Crippen LogP contribution in [-0.2, 0) is 17.8 Å². The summed E-state index contributed by atoms with van der Waals surface area (Å²) < 4.78 is 12.7. The molecule has 88 valence electrons. The highest BCUT2D eigenvalue weighted by Gasteiger charge is 2.24. The Morgan fingerprint density at radius 1 is 1.50 bits per heavy atom. The third-order valence-corrected chi connectivity index (χ3v) is 3.80. The number of rotatable bonds is 1. The lowest BCUT2D eigenvalue weighted by Gasteiger charge is -2.25. The Bertz CT molecular complexity index is 433. The summed E-state index contributed by atoms with van der Waals surface area (Å²) in [5.41, 5.74) is 6.36. The molecule has 2 rings (SSSR count). The van der Waals surface area contributed by atoms with Crippen LogP contribution in [0.25, 0.3) is 0 Å². The quantitative estimate of drug-likeness (QED) is 0.699. The molecular weight excluding hydrogens is 228 g/mol. The maximum absolute atomic E-state index is 12.0. The number of nitrogens with two attached hydrogens (primary N) is 1. The predicted octanol–water partition coefficient (Wildman–Crippen LogP) is -0.793. The van der Waals surface area contributed by atoms with Crippen molar-refractivity contribution in [3.8, 4) is 0 Å². The molecule has 1 aliphatic heterocycles. The Labute approximate surface area is 95.9 Å².